The Bertz CT molecular complexity index is 549. The number of hydrogen-bond donors (Lipinski definition) is 2. The first-order valence-electron chi connectivity index (χ1n) is 7.28. The summed E-state index contributed by atoms with van der Waals surface area (Å²) in [4.78, 5) is 0. The van der Waals surface area contributed by atoms with Crippen molar-refractivity contribution >= 4 is 5.57 Å². The van der Waals surface area contributed by atoms with Gasteiger partial charge in [-0.1, -0.05) is 13.0 Å². The second-order valence-corrected chi connectivity index (χ2v) is 5.51. The lowest BCUT2D eigenvalue weighted by Gasteiger charge is -2.31. The third-order valence-electron chi connectivity index (χ3n) is 4.07. The van der Waals surface area contributed by atoms with Gasteiger partial charge in [0.1, 0.15) is 18.1 Å². The SMILES string of the molecule is CCC(N)(O)Oc1cccc2c1C1=C(CCCC1)CO2. The average molecular weight is 275 g/mol. The van der Waals surface area contributed by atoms with Crippen LogP contribution in [0.5, 0.6) is 11.5 Å². The lowest BCUT2D eigenvalue weighted by atomic mass is 9.85. The van der Waals surface area contributed by atoms with Gasteiger partial charge in [-0.2, -0.15) is 0 Å². The number of aliphatic hydroxyl groups is 1. The maximum absolute atomic E-state index is 9.97. The third kappa shape index (κ3) is 2.41. The van der Waals surface area contributed by atoms with Crippen LogP contribution >= 0.6 is 0 Å². The molecular weight excluding hydrogens is 254 g/mol. The minimum atomic E-state index is -1.64. The van der Waals surface area contributed by atoms with Gasteiger partial charge in [-0.15, -0.1) is 0 Å². The molecule has 0 aromatic heterocycles. The summed E-state index contributed by atoms with van der Waals surface area (Å²) in [5.74, 6) is -0.194. The Kier molecular flexibility index (Phi) is 3.44. The van der Waals surface area contributed by atoms with Gasteiger partial charge in [-0.25, -0.2) is 0 Å². The van der Waals surface area contributed by atoms with E-state index in [4.69, 9.17) is 15.2 Å². The minimum Gasteiger partial charge on any atom is -0.488 e. The van der Waals surface area contributed by atoms with E-state index in [9.17, 15) is 5.11 Å². The molecule has 1 aliphatic carbocycles. The van der Waals surface area contributed by atoms with E-state index in [2.05, 4.69) is 0 Å². The fraction of sp³-hybridized carbons (Fsp3) is 0.500. The fourth-order valence-electron chi connectivity index (χ4n) is 2.87. The molecule has 0 saturated carbocycles. The summed E-state index contributed by atoms with van der Waals surface area (Å²) in [6, 6.07) is 5.66. The van der Waals surface area contributed by atoms with Crippen molar-refractivity contribution < 1.29 is 14.6 Å². The van der Waals surface area contributed by atoms with Gasteiger partial charge in [0.05, 0.1) is 5.56 Å². The van der Waals surface area contributed by atoms with Crippen molar-refractivity contribution in [2.75, 3.05) is 6.61 Å². The molecule has 4 nitrogen and oxygen atoms in total. The van der Waals surface area contributed by atoms with Gasteiger partial charge in [0, 0.05) is 6.42 Å². The normalized spacial score (nSPS) is 20.6. The van der Waals surface area contributed by atoms with E-state index in [1.165, 1.54) is 24.0 Å². The van der Waals surface area contributed by atoms with Gasteiger partial charge in [0.15, 0.2) is 0 Å². The Morgan fingerprint density at radius 2 is 2.15 bits per heavy atom. The molecule has 0 radical (unpaired) electrons. The third-order valence-corrected chi connectivity index (χ3v) is 4.07. The summed E-state index contributed by atoms with van der Waals surface area (Å²) in [6.07, 6.45) is 4.86. The Labute approximate surface area is 119 Å². The Hall–Kier alpha value is -1.52. The molecule has 4 heteroatoms. The summed E-state index contributed by atoms with van der Waals surface area (Å²) in [7, 11) is 0. The molecule has 0 bridgehead atoms. The summed E-state index contributed by atoms with van der Waals surface area (Å²) < 4.78 is 11.4. The van der Waals surface area contributed by atoms with E-state index >= 15 is 0 Å². The minimum absolute atomic E-state index is 0.323. The second-order valence-electron chi connectivity index (χ2n) is 5.51. The molecule has 0 saturated heterocycles. The zero-order valence-electron chi connectivity index (χ0n) is 11.8. The monoisotopic (exact) mass is 275 g/mol. The fourth-order valence-corrected chi connectivity index (χ4v) is 2.87. The molecule has 20 heavy (non-hydrogen) atoms. The van der Waals surface area contributed by atoms with E-state index in [1.807, 2.05) is 18.2 Å². The number of hydrogen-bond acceptors (Lipinski definition) is 4. The highest BCUT2D eigenvalue weighted by Gasteiger charge is 2.29. The van der Waals surface area contributed by atoms with E-state index in [-0.39, 0.29) is 0 Å². The Morgan fingerprint density at radius 3 is 2.95 bits per heavy atom. The summed E-state index contributed by atoms with van der Waals surface area (Å²) in [5, 5.41) is 9.97. The van der Waals surface area contributed by atoms with Crippen LogP contribution in [0.4, 0.5) is 0 Å². The van der Waals surface area contributed by atoms with Crippen LogP contribution < -0.4 is 15.2 Å². The molecule has 1 aromatic rings. The molecule has 0 spiro atoms. The first kappa shape index (κ1) is 13.5. The van der Waals surface area contributed by atoms with E-state index < -0.39 is 5.91 Å². The largest absolute Gasteiger partial charge is 0.488 e. The van der Waals surface area contributed by atoms with Gasteiger partial charge < -0.3 is 14.6 Å². The highest BCUT2D eigenvalue weighted by molar-refractivity contribution is 5.79. The number of fused-ring (bicyclic) bond motifs is 2. The van der Waals surface area contributed by atoms with Crippen molar-refractivity contribution in [1.82, 2.24) is 0 Å². The van der Waals surface area contributed by atoms with Crippen LogP contribution in [0.3, 0.4) is 0 Å². The topological polar surface area (TPSA) is 64.7 Å². The summed E-state index contributed by atoms with van der Waals surface area (Å²) >= 11 is 0. The second kappa shape index (κ2) is 5.11. The van der Waals surface area contributed by atoms with Gasteiger partial charge >= 0.3 is 0 Å². The highest BCUT2D eigenvalue weighted by atomic mass is 16.6. The lowest BCUT2D eigenvalue weighted by Crippen LogP contribution is -2.45. The standard InChI is InChI=1S/C16H21NO3/c1-2-16(17,18)20-14-9-5-8-13-15(14)12-7-4-3-6-11(12)10-19-13/h5,8-9,18H,2-4,6-7,10,17H2,1H3. The smallest absolute Gasteiger partial charge is 0.265 e. The molecule has 1 heterocycles. The molecule has 0 fully saturated rings. The van der Waals surface area contributed by atoms with Crippen molar-refractivity contribution in [3.63, 3.8) is 0 Å². The number of rotatable bonds is 3. The highest BCUT2D eigenvalue weighted by Crippen LogP contribution is 2.45. The molecule has 1 aliphatic heterocycles. The quantitative estimate of drug-likeness (QED) is 0.833. The van der Waals surface area contributed by atoms with E-state index in [0.717, 1.165) is 24.2 Å². The molecule has 1 atom stereocenters. The van der Waals surface area contributed by atoms with Crippen molar-refractivity contribution in [1.29, 1.82) is 0 Å². The van der Waals surface area contributed by atoms with Crippen molar-refractivity contribution in [2.45, 2.75) is 44.9 Å². The van der Waals surface area contributed by atoms with E-state index in [1.54, 1.807) is 6.92 Å². The van der Waals surface area contributed by atoms with Crippen molar-refractivity contribution in [3.8, 4) is 11.5 Å². The summed E-state index contributed by atoms with van der Waals surface area (Å²) in [5.41, 5.74) is 9.38. The predicted octanol–water partition coefficient (Wildman–Crippen LogP) is 2.80. The zero-order chi connectivity index (χ0) is 14.2. The van der Waals surface area contributed by atoms with Gasteiger partial charge in [-0.3, -0.25) is 5.73 Å². The van der Waals surface area contributed by atoms with Crippen LogP contribution in [0.25, 0.3) is 5.57 Å². The van der Waals surface area contributed by atoms with Gasteiger partial charge in [-0.05, 0) is 49.0 Å². The number of allylic oxidation sites excluding steroid dienone is 1. The molecule has 108 valence electrons. The van der Waals surface area contributed by atoms with E-state index in [0.29, 0.717) is 18.8 Å². The average Bonchev–Trinajstić information content (AvgIpc) is 2.47. The lowest BCUT2D eigenvalue weighted by molar-refractivity contribution is -0.134. The number of ether oxygens (including phenoxy) is 2. The Morgan fingerprint density at radius 1 is 1.35 bits per heavy atom. The summed E-state index contributed by atoms with van der Waals surface area (Å²) in [6.45, 7) is 2.46. The van der Waals surface area contributed by atoms with Crippen LogP contribution in [0.1, 0.15) is 44.6 Å². The molecule has 3 rings (SSSR count). The molecule has 2 aliphatic rings. The maximum atomic E-state index is 9.97. The van der Waals surface area contributed by atoms with Crippen LogP contribution in [0, 0.1) is 0 Å². The maximum Gasteiger partial charge on any atom is 0.265 e. The molecular formula is C16H21NO3. The molecule has 3 N–H and O–H groups in total. The predicted molar refractivity (Wildman–Crippen MR) is 77.4 cm³/mol. The van der Waals surface area contributed by atoms with Crippen LogP contribution in [-0.4, -0.2) is 17.6 Å². The van der Waals surface area contributed by atoms with Gasteiger partial charge in [0.25, 0.3) is 5.91 Å². The first-order chi connectivity index (χ1) is 9.61. The van der Waals surface area contributed by atoms with Crippen LogP contribution in [-0.2, 0) is 0 Å². The Balaban J connectivity index is 2.04. The number of benzene rings is 1. The van der Waals surface area contributed by atoms with Gasteiger partial charge in [0.2, 0.25) is 0 Å². The number of nitrogens with two attached hydrogens (primary N) is 1. The zero-order valence-corrected chi connectivity index (χ0v) is 11.8. The van der Waals surface area contributed by atoms with Crippen molar-refractivity contribution in [3.05, 3.63) is 29.3 Å². The van der Waals surface area contributed by atoms with Crippen LogP contribution in [0.2, 0.25) is 0 Å². The van der Waals surface area contributed by atoms with Crippen molar-refractivity contribution in [2.24, 2.45) is 5.73 Å². The molecule has 1 aromatic carbocycles. The van der Waals surface area contributed by atoms with Crippen LogP contribution in [0.15, 0.2) is 23.8 Å². The molecule has 1 unspecified atom stereocenters. The first-order valence-corrected chi connectivity index (χ1v) is 7.28. The molecule has 0 amide bonds.